The molecule has 2 N–H and O–H groups in total. The summed E-state index contributed by atoms with van der Waals surface area (Å²) in [6.07, 6.45) is 2.60. The van der Waals surface area contributed by atoms with Crippen molar-refractivity contribution in [1.29, 1.82) is 5.26 Å². The molecule has 1 amide bonds. The van der Waals surface area contributed by atoms with Crippen molar-refractivity contribution in [3.8, 4) is 6.07 Å². The van der Waals surface area contributed by atoms with Crippen molar-refractivity contribution in [2.24, 2.45) is 0 Å². The minimum Gasteiger partial charge on any atom is -0.379 e. The summed E-state index contributed by atoms with van der Waals surface area (Å²) in [7, 11) is 0. The number of amides is 1. The number of anilines is 1. The van der Waals surface area contributed by atoms with Crippen molar-refractivity contribution in [1.82, 2.24) is 9.97 Å². The number of carbonyl (C=O) groups is 1. The Morgan fingerprint density at radius 3 is 2.69 bits per heavy atom. The van der Waals surface area contributed by atoms with Crippen LogP contribution in [0.1, 0.15) is 12.7 Å². The van der Waals surface area contributed by atoms with Crippen LogP contribution < -0.4 is 5.32 Å². The normalized spacial score (nSPS) is 13.6. The van der Waals surface area contributed by atoms with E-state index in [9.17, 15) is 9.90 Å². The first kappa shape index (κ1) is 12.5. The van der Waals surface area contributed by atoms with Crippen molar-refractivity contribution in [2.45, 2.75) is 12.5 Å². The fourth-order valence-electron chi connectivity index (χ4n) is 0.777. The van der Waals surface area contributed by atoms with Gasteiger partial charge in [-0.25, -0.2) is 9.97 Å². The highest BCUT2D eigenvalue weighted by molar-refractivity contribution is 9.09. The van der Waals surface area contributed by atoms with E-state index in [2.05, 4.69) is 31.2 Å². The van der Waals surface area contributed by atoms with Crippen LogP contribution in [-0.2, 0) is 4.79 Å². The molecule has 1 atom stereocenters. The fraction of sp³-hybridized carbons (Fsp3) is 0.333. The third-order valence-electron chi connectivity index (χ3n) is 1.76. The SMILES string of the molecule is CC(O)(CBr)C(=O)Nc1cnc(C#N)nc1. The van der Waals surface area contributed by atoms with E-state index in [-0.39, 0.29) is 11.2 Å². The minimum atomic E-state index is -1.51. The van der Waals surface area contributed by atoms with Crippen LogP contribution in [0, 0.1) is 11.3 Å². The number of halogens is 1. The predicted molar refractivity (Wildman–Crippen MR) is 59.8 cm³/mol. The van der Waals surface area contributed by atoms with Gasteiger partial charge in [0.05, 0.1) is 18.1 Å². The summed E-state index contributed by atoms with van der Waals surface area (Å²) in [4.78, 5) is 18.9. The molecule has 16 heavy (non-hydrogen) atoms. The molecule has 84 valence electrons. The number of nitriles is 1. The summed E-state index contributed by atoms with van der Waals surface area (Å²) in [6.45, 7) is 1.38. The molecule has 0 aliphatic heterocycles. The number of rotatable bonds is 3. The molecule has 0 aliphatic rings. The summed E-state index contributed by atoms with van der Waals surface area (Å²) in [6, 6.07) is 1.76. The van der Waals surface area contributed by atoms with Gasteiger partial charge in [-0.05, 0) is 6.92 Å². The fourth-order valence-corrected chi connectivity index (χ4v) is 1.03. The number of alkyl halides is 1. The van der Waals surface area contributed by atoms with Crippen LogP contribution in [-0.4, -0.2) is 31.9 Å². The van der Waals surface area contributed by atoms with Crippen molar-refractivity contribution in [2.75, 3.05) is 10.6 Å². The zero-order chi connectivity index (χ0) is 12.2. The molecule has 0 saturated carbocycles. The molecule has 7 heteroatoms. The van der Waals surface area contributed by atoms with Gasteiger partial charge in [0.1, 0.15) is 11.7 Å². The molecule has 1 unspecified atom stereocenters. The number of aromatic nitrogens is 2. The molecule has 0 fully saturated rings. The molecule has 0 aromatic carbocycles. The van der Waals surface area contributed by atoms with Crippen LogP contribution in [0.5, 0.6) is 0 Å². The quantitative estimate of drug-likeness (QED) is 0.785. The molecule has 1 aromatic heterocycles. The predicted octanol–water partition coefficient (Wildman–Crippen LogP) is 0.433. The third kappa shape index (κ3) is 2.98. The van der Waals surface area contributed by atoms with Gasteiger partial charge >= 0.3 is 0 Å². The standard InChI is InChI=1S/C9H9BrN4O2/c1-9(16,5-10)8(15)14-6-3-12-7(2-11)13-4-6/h3-4,16H,5H2,1H3,(H,14,15). The number of hydrogen-bond donors (Lipinski definition) is 2. The molecule has 1 rings (SSSR count). The van der Waals surface area contributed by atoms with E-state index in [0.717, 1.165) is 0 Å². The van der Waals surface area contributed by atoms with Gasteiger partial charge in [0.25, 0.3) is 5.91 Å². The maximum Gasteiger partial charge on any atom is 0.257 e. The number of nitrogens with one attached hydrogen (secondary N) is 1. The molecule has 0 bridgehead atoms. The van der Waals surface area contributed by atoms with Crippen molar-refractivity contribution in [3.63, 3.8) is 0 Å². The van der Waals surface area contributed by atoms with Crippen LogP contribution in [0.15, 0.2) is 12.4 Å². The van der Waals surface area contributed by atoms with Crippen LogP contribution >= 0.6 is 15.9 Å². The Balaban J connectivity index is 2.75. The van der Waals surface area contributed by atoms with Crippen molar-refractivity contribution < 1.29 is 9.90 Å². The van der Waals surface area contributed by atoms with Gasteiger partial charge in [-0.2, -0.15) is 5.26 Å². The Bertz CT molecular complexity index is 424. The lowest BCUT2D eigenvalue weighted by molar-refractivity contribution is -0.130. The first-order chi connectivity index (χ1) is 7.49. The monoisotopic (exact) mass is 284 g/mol. The zero-order valence-corrected chi connectivity index (χ0v) is 10.0. The first-order valence-electron chi connectivity index (χ1n) is 4.31. The van der Waals surface area contributed by atoms with Crippen LogP contribution in [0.4, 0.5) is 5.69 Å². The minimum absolute atomic E-state index is 0.0188. The van der Waals surface area contributed by atoms with Gasteiger partial charge < -0.3 is 10.4 Å². The lowest BCUT2D eigenvalue weighted by Gasteiger charge is -2.18. The molecule has 0 spiro atoms. The molecular formula is C9H9BrN4O2. The van der Waals surface area contributed by atoms with Gasteiger partial charge in [0.15, 0.2) is 0 Å². The molecule has 0 saturated heterocycles. The third-order valence-corrected chi connectivity index (χ3v) is 2.85. The van der Waals surface area contributed by atoms with E-state index in [1.54, 1.807) is 6.07 Å². The van der Waals surface area contributed by atoms with Crippen molar-refractivity contribution >= 4 is 27.5 Å². The van der Waals surface area contributed by atoms with E-state index in [1.165, 1.54) is 19.3 Å². The maximum atomic E-state index is 11.5. The van der Waals surface area contributed by atoms with Gasteiger partial charge in [0.2, 0.25) is 5.82 Å². The highest BCUT2D eigenvalue weighted by Gasteiger charge is 2.28. The Labute approximate surface area is 100 Å². The average Bonchev–Trinajstić information content (AvgIpc) is 2.30. The van der Waals surface area contributed by atoms with Gasteiger partial charge in [0, 0.05) is 5.33 Å². The Morgan fingerprint density at radius 2 is 2.25 bits per heavy atom. The zero-order valence-electron chi connectivity index (χ0n) is 8.44. The van der Waals surface area contributed by atoms with Crippen LogP contribution in [0.3, 0.4) is 0 Å². The molecule has 1 heterocycles. The van der Waals surface area contributed by atoms with Crippen LogP contribution in [0.2, 0.25) is 0 Å². The summed E-state index contributed by atoms with van der Waals surface area (Å²) < 4.78 is 0. The highest BCUT2D eigenvalue weighted by Crippen LogP contribution is 2.11. The van der Waals surface area contributed by atoms with Gasteiger partial charge in [-0.3, -0.25) is 4.79 Å². The van der Waals surface area contributed by atoms with E-state index in [4.69, 9.17) is 5.26 Å². The maximum absolute atomic E-state index is 11.5. The molecule has 6 nitrogen and oxygen atoms in total. The topological polar surface area (TPSA) is 98.9 Å². The van der Waals surface area contributed by atoms with E-state index >= 15 is 0 Å². The van der Waals surface area contributed by atoms with Crippen LogP contribution in [0.25, 0.3) is 0 Å². The number of aliphatic hydroxyl groups is 1. The highest BCUT2D eigenvalue weighted by atomic mass is 79.9. The van der Waals surface area contributed by atoms with E-state index in [0.29, 0.717) is 5.69 Å². The molecule has 0 radical (unpaired) electrons. The largest absolute Gasteiger partial charge is 0.379 e. The number of hydrogen-bond acceptors (Lipinski definition) is 5. The Morgan fingerprint density at radius 1 is 1.69 bits per heavy atom. The molecule has 0 aliphatic carbocycles. The second kappa shape index (κ2) is 5.01. The lowest BCUT2D eigenvalue weighted by atomic mass is 10.1. The Hall–Kier alpha value is -1.52. The Kier molecular flexibility index (Phi) is 3.93. The number of carbonyl (C=O) groups excluding carboxylic acids is 1. The number of nitrogens with zero attached hydrogens (tertiary/aromatic N) is 3. The average molecular weight is 285 g/mol. The lowest BCUT2D eigenvalue weighted by Crippen LogP contribution is -2.41. The smallest absolute Gasteiger partial charge is 0.257 e. The van der Waals surface area contributed by atoms with E-state index in [1.807, 2.05) is 0 Å². The van der Waals surface area contributed by atoms with Crippen molar-refractivity contribution in [3.05, 3.63) is 18.2 Å². The summed E-state index contributed by atoms with van der Waals surface area (Å²) in [5.74, 6) is -0.553. The van der Waals surface area contributed by atoms with E-state index < -0.39 is 11.5 Å². The summed E-state index contributed by atoms with van der Waals surface area (Å²) in [5.41, 5.74) is -1.18. The van der Waals surface area contributed by atoms with Gasteiger partial charge in [-0.15, -0.1) is 0 Å². The summed E-state index contributed by atoms with van der Waals surface area (Å²) >= 11 is 3.02. The van der Waals surface area contributed by atoms with Gasteiger partial charge in [-0.1, -0.05) is 15.9 Å². The summed E-state index contributed by atoms with van der Waals surface area (Å²) in [5, 5.41) is 20.6. The second-order valence-corrected chi connectivity index (χ2v) is 3.83. The molecular weight excluding hydrogens is 276 g/mol. The second-order valence-electron chi connectivity index (χ2n) is 3.27. The first-order valence-corrected chi connectivity index (χ1v) is 5.43. The molecule has 1 aromatic rings.